The number of imidazole rings is 1. The molecule has 6 nitrogen and oxygen atoms in total. The number of rotatable bonds is 5. The highest BCUT2D eigenvalue weighted by Crippen LogP contribution is 2.22. The number of hydrogen-bond acceptors (Lipinski definition) is 3. The number of carboxylic acid groups (broad SMARTS) is 1. The molecule has 1 atom stereocenters. The van der Waals surface area contributed by atoms with Crippen LogP contribution in [0.3, 0.4) is 0 Å². The lowest BCUT2D eigenvalue weighted by molar-refractivity contribution is -0.139. The Kier molecular flexibility index (Phi) is 4.82. The number of aromatic nitrogens is 2. The lowest BCUT2D eigenvalue weighted by Gasteiger charge is -2.14. The minimum atomic E-state index is -1.14. The molecule has 8 heteroatoms. The molecule has 0 saturated carbocycles. The van der Waals surface area contributed by atoms with Crippen LogP contribution in [0.1, 0.15) is 16.1 Å². The summed E-state index contributed by atoms with van der Waals surface area (Å²) in [6.45, 7) is 0. The van der Waals surface area contributed by atoms with E-state index in [0.717, 1.165) is 0 Å². The van der Waals surface area contributed by atoms with Crippen molar-refractivity contribution in [3.8, 4) is 0 Å². The van der Waals surface area contributed by atoms with Gasteiger partial charge in [0.05, 0.1) is 16.4 Å². The number of benzene rings is 1. The largest absolute Gasteiger partial charge is 0.480 e. The molecule has 0 saturated heterocycles. The van der Waals surface area contributed by atoms with E-state index >= 15 is 0 Å². The molecule has 2 rings (SSSR count). The normalized spacial score (nSPS) is 11.9. The van der Waals surface area contributed by atoms with Gasteiger partial charge in [-0.25, -0.2) is 9.78 Å². The van der Waals surface area contributed by atoms with Crippen LogP contribution in [-0.4, -0.2) is 33.0 Å². The summed E-state index contributed by atoms with van der Waals surface area (Å²) < 4.78 is 0. The van der Waals surface area contributed by atoms with Gasteiger partial charge in [0.2, 0.25) is 0 Å². The SMILES string of the molecule is O=C(N[C@H](Cc1cnc[nH]1)C(=O)O)c1ccc(Cl)c(Cl)c1. The average Bonchev–Trinajstić information content (AvgIpc) is 2.93. The molecular weight excluding hydrogens is 317 g/mol. The molecule has 3 N–H and O–H groups in total. The van der Waals surface area contributed by atoms with Crippen LogP contribution in [0.4, 0.5) is 0 Å². The summed E-state index contributed by atoms with van der Waals surface area (Å²) in [4.78, 5) is 29.9. The predicted octanol–water partition coefficient (Wildman–Crippen LogP) is 2.14. The third-order valence-corrected chi connectivity index (χ3v) is 3.50. The number of halogens is 2. The second-order valence-corrected chi connectivity index (χ2v) is 5.09. The Bertz CT molecular complexity index is 659. The van der Waals surface area contributed by atoms with Gasteiger partial charge in [-0.05, 0) is 18.2 Å². The first-order valence-corrected chi connectivity index (χ1v) is 6.69. The molecule has 1 heterocycles. The Morgan fingerprint density at radius 2 is 2.10 bits per heavy atom. The number of amides is 1. The summed E-state index contributed by atoms with van der Waals surface area (Å²) >= 11 is 11.6. The molecule has 0 aliphatic rings. The van der Waals surface area contributed by atoms with Crippen molar-refractivity contribution in [1.82, 2.24) is 15.3 Å². The zero-order chi connectivity index (χ0) is 15.4. The molecule has 1 aromatic carbocycles. The first-order chi connectivity index (χ1) is 9.97. The van der Waals surface area contributed by atoms with E-state index in [9.17, 15) is 14.7 Å². The van der Waals surface area contributed by atoms with Gasteiger partial charge in [0.15, 0.2) is 0 Å². The molecule has 0 aliphatic heterocycles. The van der Waals surface area contributed by atoms with Crippen LogP contribution in [-0.2, 0) is 11.2 Å². The van der Waals surface area contributed by atoms with Crippen LogP contribution in [0.25, 0.3) is 0 Å². The fraction of sp³-hybridized carbons (Fsp3) is 0.154. The van der Waals surface area contributed by atoms with Gasteiger partial charge in [-0.3, -0.25) is 4.79 Å². The maximum Gasteiger partial charge on any atom is 0.326 e. The van der Waals surface area contributed by atoms with Crippen molar-refractivity contribution in [1.29, 1.82) is 0 Å². The Hall–Kier alpha value is -2.05. The topological polar surface area (TPSA) is 95.1 Å². The Labute approximate surface area is 130 Å². The van der Waals surface area contributed by atoms with Gasteiger partial charge in [-0.1, -0.05) is 23.2 Å². The second kappa shape index (κ2) is 6.60. The van der Waals surface area contributed by atoms with E-state index in [1.54, 1.807) is 0 Å². The number of nitrogens with one attached hydrogen (secondary N) is 2. The molecule has 0 bridgehead atoms. The maximum atomic E-state index is 12.0. The highest BCUT2D eigenvalue weighted by molar-refractivity contribution is 6.42. The highest BCUT2D eigenvalue weighted by atomic mass is 35.5. The van der Waals surface area contributed by atoms with Crippen LogP contribution in [0.5, 0.6) is 0 Å². The second-order valence-electron chi connectivity index (χ2n) is 4.27. The van der Waals surface area contributed by atoms with Gasteiger partial charge in [0.25, 0.3) is 5.91 Å². The minimum absolute atomic E-state index is 0.0996. The monoisotopic (exact) mass is 327 g/mol. The molecule has 0 radical (unpaired) electrons. The summed E-state index contributed by atoms with van der Waals surface area (Å²) in [5.74, 6) is -1.68. The van der Waals surface area contributed by atoms with Crippen molar-refractivity contribution >= 4 is 35.1 Å². The molecule has 1 aromatic heterocycles. The smallest absolute Gasteiger partial charge is 0.326 e. The number of nitrogens with zero attached hydrogens (tertiary/aromatic N) is 1. The van der Waals surface area contributed by atoms with Crippen LogP contribution >= 0.6 is 23.2 Å². The van der Waals surface area contributed by atoms with E-state index in [0.29, 0.717) is 10.7 Å². The van der Waals surface area contributed by atoms with E-state index < -0.39 is 17.9 Å². The van der Waals surface area contributed by atoms with Crippen LogP contribution in [0.15, 0.2) is 30.7 Å². The quantitative estimate of drug-likeness (QED) is 0.784. The van der Waals surface area contributed by atoms with Crippen LogP contribution in [0.2, 0.25) is 10.0 Å². The number of carboxylic acids is 1. The summed E-state index contributed by atoms with van der Waals surface area (Å²) in [7, 11) is 0. The maximum absolute atomic E-state index is 12.0. The number of aromatic amines is 1. The summed E-state index contributed by atoms with van der Waals surface area (Å²) in [6.07, 6.45) is 3.04. The van der Waals surface area contributed by atoms with Crippen LogP contribution in [0, 0.1) is 0 Å². The zero-order valence-corrected chi connectivity index (χ0v) is 12.1. The lowest BCUT2D eigenvalue weighted by Crippen LogP contribution is -2.42. The van der Waals surface area contributed by atoms with Crippen molar-refractivity contribution < 1.29 is 14.7 Å². The van der Waals surface area contributed by atoms with Gasteiger partial charge in [-0.2, -0.15) is 0 Å². The van der Waals surface area contributed by atoms with E-state index in [1.165, 1.54) is 30.7 Å². The third-order valence-electron chi connectivity index (χ3n) is 2.76. The molecule has 21 heavy (non-hydrogen) atoms. The summed E-state index contributed by atoms with van der Waals surface area (Å²) in [5.41, 5.74) is 0.845. The fourth-order valence-corrected chi connectivity index (χ4v) is 1.99. The molecule has 0 spiro atoms. The third kappa shape index (κ3) is 3.96. The average molecular weight is 328 g/mol. The standard InChI is InChI=1S/C13H11Cl2N3O3/c14-9-2-1-7(3-10(9)15)12(19)18-11(13(20)21)4-8-5-16-6-17-8/h1-3,5-6,11H,4H2,(H,16,17)(H,18,19)(H,20,21)/t11-/m1/s1. The molecule has 110 valence electrons. The lowest BCUT2D eigenvalue weighted by atomic mass is 10.1. The Morgan fingerprint density at radius 3 is 2.67 bits per heavy atom. The van der Waals surface area contributed by atoms with E-state index in [1.807, 2.05) is 0 Å². The van der Waals surface area contributed by atoms with Crippen molar-refractivity contribution in [2.75, 3.05) is 0 Å². The molecular formula is C13H11Cl2N3O3. The summed E-state index contributed by atoms with van der Waals surface area (Å²) in [6, 6.07) is 3.25. The van der Waals surface area contributed by atoms with E-state index in [4.69, 9.17) is 23.2 Å². The zero-order valence-electron chi connectivity index (χ0n) is 10.6. The summed E-state index contributed by atoms with van der Waals surface area (Å²) in [5, 5.41) is 12.1. The van der Waals surface area contributed by atoms with Crippen molar-refractivity contribution in [2.45, 2.75) is 12.5 Å². The van der Waals surface area contributed by atoms with Crippen molar-refractivity contribution in [3.63, 3.8) is 0 Å². The van der Waals surface area contributed by atoms with Crippen LogP contribution < -0.4 is 5.32 Å². The molecule has 0 aliphatic carbocycles. The first kappa shape index (κ1) is 15.3. The van der Waals surface area contributed by atoms with Crippen molar-refractivity contribution in [3.05, 3.63) is 52.0 Å². The fourth-order valence-electron chi connectivity index (χ4n) is 1.70. The van der Waals surface area contributed by atoms with Gasteiger partial charge >= 0.3 is 5.97 Å². The number of aliphatic carboxylic acids is 1. The number of hydrogen-bond donors (Lipinski definition) is 3. The molecule has 0 unspecified atom stereocenters. The van der Waals surface area contributed by atoms with Crippen molar-refractivity contribution in [2.24, 2.45) is 0 Å². The number of carbonyl (C=O) groups excluding carboxylic acids is 1. The highest BCUT2D eigenvalue weighted by Gasteiger charge is 2.22. The van der Waals surface area contributed by atoms with E-state index in [-0.39, 0.29) is 17.0 Å². The Balaban J connectivity index is 2.10. The van der Waals surface area contributed by atoms with Gasteiger partial charge in [0.1, 0.15) is 6.04 Å². The van der Waals surface area contributed by atoms with Gasteiger partial charge < -0.3 is 15.4 Å². The first-order valence-electron chi connectivity index (χ1n) is 5.93. The molecule has 2 aromatic rings. The van der Waals surface area contributed by atoms with E-state index in [2.05, 4.69) is 15.3 Å². The number of H-pyrrole nitrogens is 1. The number of carbonyl (C=O) groups is 2. The molecule has 0 fully saturated rings. The molecule has 1 amide bonds. The Morgan fingerprint density at radius 1 is 1.33 bits per heavy atom. The minimum Gasteiger partial charge on any atom is -0.480 e. The van der Waals surface area contributed by atoms with Gasteiger partial charge in [-0.15, -0.1) is 0 Å². The predicted molar refractivity (Wildman–Crippen MR) is 77.6 cm³/mol. The van der Waals surface area contributed by atoms with Gasteiger partial charge in [0, 0.05) is 23.9 Å².